The Balaban J connectivity index is 1.67. The maximum atomic E-state index is 12.5. The summed E-state index contributed by atoms with van der Waals surface area (Å²) in [4.78, 5) is 28.6. The number of ether oxygens (including phenoxy) is 3. The van der Waals surface area contributed by atoms with Crippen LogP contribution in [0.15, 0.2) is 42.5 Å². The van der Waals surface area contributed by atoms with Crippen molar-refractivity contribution in [2.75, 3.05) is 51.1 Å². The molecule has 1 aliphatic rings. The zero-order chi connectivity index (χ0) is 21.7. The fraction of sp³-hybridized carbons (Fsp3) is 0.364. The van der Waals surface area contributed by atoms with Gasteiger partial charge >= 0.3 is 0 Å². The van der Waals surface area contributed by atoms with Gasteiger partial charge in [0.15, 0.2) is 24.2 Å². The number of rotatable bonds is 8. The maximum Gasteiger partial charge on any atom is 0.267 e. The monoisotopic (exact) mass is 413 g/mol. The predicted octanol–water partition coefficient (Wildman–Crippen LogP) is 2.39. The Kier molecular flexibility index (Phi) is 6.79. The van der Waals surface area contributed by atoms with Crippen molar-refractivity contribution in [3.05, 3.63) is 42.5 Å². The van der Waals surface area contributed by atoms with E-state index < -0.39 is 6.10 Å². The minimum Gasteiger partial charge on any atom is -0.493 e. The molecular weight excluding hydrogens is 386 g/mol. The van der Waals surface area contributed by atoms with Crippen LogP contribution in [0, 0.1) is 0 Å². The van der Waals surface area contributed by atoms with E-state index >= 15 is 0 Å². The second-order valence-corrected chi connectivity index (χ2v) is 7.22. The smallest absolute Gasteiger partial charge is 0.267 e. The molecule has 1 aliphatic heterocycles. The van der Waals surface area contributed by atoms with Crippen molar-refractivity contribution >= 4 is 23.2 Å². The van der Waals surface area contributed by atoms with Crippen LogP contribution in [-0.2, 0) is 9.59 Å². The third-order valence-corrected chi connectivity index (χ3v) is 4.65. The molecule has 1 unspecified atom stereocenters. The van der Waals surface area contributed by atoms with E-state index in [1.165, 1.54) is 0 Å². The van der Waals surface area contributed by atoms with E-state index in [1.54, 1.807) is 55.3 Å². The molecule has 0 radical (unpaired) electrons. The van der Waals surface area contributed by atoms with Crippen LogP contribution in [0.25, 0.3) is 0 Å². The van der Waals surface area contributed by atoms with Crippen molar-refractivity contribution in [1.29, 1.82) is 0 Å². The molecule has 0 bridgehead atoms. The molecule has 8 nitrogen and oxygen atoms in total. The molecule has 8 heteroatoms. The number of hydrogen-bond donors (Lipinski definition) is 1. The number of carbonyl (C=O) groups is 2. The lowest BCUT2D eigenvalue weighted by molar-refractivity contribution is -0.125. The normalized spacial score (nSPS) is 15.4. The number of benzene rings is 2. The van der Waals surface area contributed by atoms with Crippen LogP contribution < -0.4 is 24.4 Å². The second-order valence-electron chi connectivity index (χ2n) is 7.22. The number of carbonyl (C=O) groups excluding carboxylic acids is 2. The molecule has 2 aromatic rings. The number of nitrogens with one attached hydrogen (secondary N) is 1. The first-order valence-electron chi connectivity index (χ1n) is 9.71. The average molecular weight is 413 g/mol. The number of methoxy groups -OCH3 is 1. The fourth-order valence-electron chi connectivity index (χ4n) is 3.10. The van der Waals surface area contributed by atoms with E-state index in [1.807, 2.05) is 25.1 Å². The third kappa shape index (κ3) is 5.01. The second kappa shape index (κ2) is 9.49. The molecule has 0 aliphatic carbocycles. The molecule has 1 atom stereocenters. The summed E-state index contributed by atoms with van der Waals surface area (Å²) in [5.41, 5.74) is 1.26. The first kappa shape index (κ1) is 21.4. The third-order valence-electron chi connectivity index (χ3n) is 4.65. The van der Waals surface area contributed by atoms with Crippen molar-refractivity contribution in [1.82, 2.24) is 4.90 Å². The summed E-state index contributed by atoms with van der Waals surface area (Å²) in [5, 5.41) is 2.79. The van der Waals surface area contributed by atoms with E-state index in [9.17, 15) is 9.59 Å². The maximum absolute atomic E-state index is 12.5. The number of amides is 2. The number of likely N-dealkylation sites (N-methyl/N-ethyl adjacent to an activating group) is 1. The lowest BCUT2D eigenvalue weighted by Gasteiger charge is -2.34. The van der Waals surface area contributed by atoms with Gasteiger partial charge in [-0.2, -0.15) is 0 Å². The average Bonchev–Trinajstić information content (AvgIpc) is 2.72. The van der Waals surface area contributed by atoms with Gasteiger partial charge in [-0.3, -0.25) is 9.59 Å². The molecule has 2 amide bonds. The van der Waals surface area contributed by atoms with E-state index in [-0.39, 0.29) is 18.4 Å². The molecule has 160 valence electrons. The van der Waals surface area contributed by atoms with Crippen LogP contribution >= 0.6 is 0 Å². The number of hydrogen-bond acceptors (Lipinski definition) is 6. The van der Waals surface area contributed by atoms with Crippen LogP contribution in [0.3, 0.4) is 0 Å². The zero-order valence-electron chi connectivity index (χ0n) is 17.7. The fourth-order valence-corrected chi connectivity index (χ4v) is 3.10. The van der Waals surface area contributed by atoms with Crippen LogP contribution in [0.2, 0.25) is 0 Å². The van der Waals surface area contributed by atoms with Gasteiger partial charge in [-0.05, 0) is 45.3 Å². The SMILES string of the molecule is COc1ccccc1OCC(=O)Nc1ccc2c(c1)OC(C)C(=O)N2CCN(C)C. The molecule has 2 aromatic carbocycles. The van der Waals surface area contributed by atoms with Crippen molar-refractivity contribution in [3.63, 3.8) is 0 Å². The highest BCUT2D eigenvalue weighted by Gasteiger charge is 2.31. The number of nitrogens with zero attached hydrogens (tertiary/aromatic N) is 2. The first-order chi connectivity index (χ1) is 14.4. The molecular formula is C22H27N3O5. The van der Waals surface area contributed by atoms with Crippen LogP contribution in [0.5, 0.6) is 17.2 Å². The van der Waals surface area contributed by atoms with Crippen molar-refractivity contribution < 1.29 is 23.8 Å². The van der Waals surface area contributed by atoms with Gasteiger partial charge in [0.2, 0.25) is 0 Å². The quantitative estimate of drug-likeness (QED) is 0.716. The highest BCUT2D eigenvalue weighted by molar-refractivity contribution is 6.00. The Morgan fingerprint density at radius 1 is 1.20 bits per heavy atom. The zero-order valence-corrected chi connectivity index (χ0v) is 17.7. The Morgan fingerprint density at radius 2 is 1.93 bits per heavy atom. The van der Waals surface area contributed by atoms with Gasteiger partial charge in [0.05, 0.1) is 12.8 Å². The standard InChI is InChI=1S/C22H27N3O5/c1-15-22(27)25(12-11-24(2)3)17-10-9-16(13-20(17)30-15)23-21(26)14-29-19-8-6-5-7-18(19)28-4/h5-10,13,15H,11-12,14H2,1-4H3,(H,23,26). The van der Waals surface area contributed by atoms with Crippen molar-refractivity contribution in [3.8, 4) is 17.2 Å². The van der Waals surface area contributed by atoms with Crippen molar-refractivity contribution in [2.45, 2.75) is 13.0 Å². The lowest BCUT2D eigenvalue weighted by Crippen LogP contribution is -2.46. The van der Waals surface area contributed by atoms with Crippen LogP contribution in [0.1, 0.15) is 6.92 Å². The summed E-state index contributed by atoms with van der Waals surface area (Å²) >= 11 is 0. The van der Waals surface area contributed by atoms with E-state index in [4.69, 9.17) is 14.2 Å². The summed E-state index contributed by atoms with van der Waals surface area (Å²) in [7, 11) is 5.46. The highest BCUT2D eigenvalue weighted by Crippen LogP contribution is 2.36. The van der Waals surface area contributed by atoms with E-state index in [0.29, 0.717) is 35.2 Å². The summed E-state index contributed by atoms with van der Waals surface area (Å²) in [6.45, 7) is 2.85. The number of para-hydroxylation sites is 2. The van der Waals surface area contributed by atoms with Gasteiger partial charge in [0.1, 0.15) is 5.75 Å². The Bertz CT molecular complexity index is 915. The number of fused-ring (bicyclic) bond motifs is 1. The Hall–Kier alpha value is -3.26. The summed E-state index contributed by atoms with van der Waals surface area (Å²) in [5.74, 6) is 1.22. The number of anilines is 2. The minimum atomic E-state index is -0.584. The molecule has 0 saturated heterocycles. The highest BCUT2D eigenvalue weighted by atomic mass is 16.5. The van der Waals surface area contributed by atoms with Gasteiger partial charge < -0.3 is 29.3 Å². The van der Waals surface area contributed by atoms with Gasteiger partial charge in [-0.25, -0.2) is 0 Å². The van der Waals surface area contributed by atoms with Gasteiger partial charge in [0.25, 0.3) is 11.8 Å². The topological polar surface area (TPSA) is 80.3 Å². The predicted molar refractivity (Wildman–Crippen MR) is 115 cm³/mol. The van der Waals surface area contributed by atoms with Gasteiger partial charge in [-0.1, -0.05) is 12.1 Å². The molecule has 0 spiro atoms. The molecule has 0 saturated carbocycles. The summed E-state index contributed by atoms with van der Waals surface area (Å²) in [6, 6.07) is 12.4. The summed E-state index contributed by atoms with van der Waals surface area (Å²) in [6.07, 6.45) is -0.584. The van der Waals surface area contributed by atoms with Gasteiger partial charge in [0, 0.05) is 24.8 Å². The summed E-state index contributed by atoms with van der Waals surface area (Å²) < 4.78 is 16.5. The minimum absolute atomic E-state index is 0.0775. The Labute approximate surface area is 176 Å². The molecule has 3 rings (SSSR count). The largest absolute Gasteiger partial charge is 0.493 e. The molecule has 30 heavy (non-hydrogen) atoms. The van der Waals surface area contributed by atoms with E-state index in [2.05, 4.69) is 5.32 Å². The first-order valence-corrected chi connectivity index (χ1v) is 9.71. The van der Waals surface area contributed by atoms with Crippen molar-refractivity contribution in [2.24, 2.45) is 0 Å². The lowest BCUT2D eigenvalue weighted by atomic mass is 10.1. The van der Waals surface area contributed by atoms with E-state index in [0.717, 1.165) is 6.54 Å². The van der Waals surface area contributed by atoms with Crippen LogP contribution in [-0.4, -0.2) is 63.7 Å². The van der Waals surface area contributed by atoms with Crippen LogP contribution in [0.4, 0.5) is 11.4 Å². The molecule has 0 fully saturated rings. The van der Waals surface area contributed by atoms with Gasteiger partial charge in [-0.15, -0.1) is 0 Å². The molecule has 0 aromatic heterocycles. The Morgan fingerprint density at radius 3 is 2.63 bits per heavy atom. The molecule has 1 N–H and O–H groups in total. The molecule has 1 heterocycles.